The molecular weight excluding hydrogens is 165 g/mol. The maximum Gasteiger partial charge on any atom is 0.115 e. The molecule has 0 fully saturated rings. The minimum Gasteiger partial charge on any atom is -0.330 e. The standard InChI is InChI=1S/C11H16FN/c12-9-11-7-2-1-5-10(11)6-3-4-8-13/h1-2,5,7H,3-4,6,8-9,13H2. The van der Waals surface area contributed by atoms with Crippen LogP contribution in [0.25, 0.3) is 0 Å². The molecule has 0 saturated carbocycles. The summed E-state index contributed by atoms with van der Waals surface area (Å²) in [6.07, 6.45) is 3.01. The second-order valence-electron chi connectivity index (χ2n) is 3.15. The molecule has 0 radical (unpaired) electrons. The van der Waals surface area contributed by atoms with Crippen molar-refractivity contribution in [1.29, 1.82) is 0 Å². The lowest BCUT2D eigenvalue weighted by Crippen LogP contribution is -2.00. The molecule has 0 aliphatic rings. The van der Waals surface area contributed by atoms with E-state index in [2.05, 4.69) is 0 Å². The Labute approximate surface area is 78.8 Å². The van der Waals surface area contributed by atoms with Crippen molar-refractivity contribution >= 4 is 0 Å². The van der Waals surface area contributed by atoms with Crippen LogP contribution in [0, 0.1) is 0 Å². The third-order valence-electron chi connectivity index (χ3n) is 2.16. The van der Waals surface area contributed by atoms with Crippen molar-refractivity contribution in [2.75, 3.05) is 6.54 Å². The quantitative estimate of drug-likeness (QED) is 0.694. The topological polar surface area (TPSA) is 26.0 Å². The minimum atomic E-state index is -0.362. The molecule has 1 aromatic carbocycles. The summed E-state index contributed by atoms with van der Waals surface area (Å²) in [6.45, 7) is 0.358. The van der Waals surface area contributed by atoms with Crippen LogP contribution in [0.3, 0.4) is 0 Å². The predicted octanol–water partition coefficient (Wildman–Crippen LogP) is 2.44. The zero-order chi connectivity index (χ0) is 9.52. The normalized spacial score (nSPS) is 10.3. The summed E-state index contributed by atoms with van der Waals surface area (Å²) >= 11 is 0. The fourth-order valence-corrected chi connectivity index (χ4v) is 1.39. The third kappa shape index (κ3) is 3.15. The summed E-state index contributed by atoms with van der Waals surface area (Å²) in [5, 5.41) is 0. The molecule has 0 aliphatic carbocycles. The van der Waals surface area contributed by atoms with Gasteiger partial charge in [-0.25, -0.2) is 4.39 Å². The first kappa shape index (κ1) is 10.2. The Morgan fingerprint density at radius 2 is 1.77 bits per heavy atom. The van der Waals surface area contributed by atoms with E-state index < -0.39 is 0 Å². The summed E-state index contributed by atoms with van der Waals surface area (Å²) in [6, 6.07) is 7.67. The number of alkyl halides is 1. The van der Waals surface area contributed by atoms with Crippen molar-refractivity contribution in [3.63, 3.8) is 0 Å². The van der Waals surface area contributed by atoms with Crippen LogP contribution in [0.5, 0.6) is 0 Å². The van der Waals surface area contributed by atoms with Gasteiger partial charge in [0, 0.05) is 0 Å². The van der Waals surface area contributed by atoms with Gasteiger partial charge in [-0.15, -0.1) is 0 Å². The smallest absolute Gasteiger partial charge is 0.115 e. The Kier molecular flexibility index (Phi) is 4.47. The lowest BCUT2D eigenvalue weighted by molar-refractivity contribution is 0.481. The van der Waals surface area contributed by atoms with E-state index in [1.54, 1.807) is 0 Å². The second-order valence-corrected chi connectivity index (χ2v) is 3.15. The Bertz CT molecular complexity index is 248. The number of nitrogens with two attached hydrogens (primary N) is 1. The van der Waals surface area contributed by atoms with E-state index in [9.17, 15) is 4.39 Å². The number of benzene rings is 1. The van der Waals surface area contributed by atoms with Crippen molar-refractivity contribution in [3.8, 4) is 0 Å². The van der Waals surface area contributed by atoms with Crippen LogP contribution in [0.4, 0.5) is 4.39 Å². The maximum atomic E-state index is 12.5. The molecule has 0 amide bonds. The number of halogens is 1. The fourth-order valence-electron chi connectivity index (χ4n) is 1.39. The minimum absolute atomic E-state index is 0.362. The van der Waals surface area contributed by atoms with E-state index >= 15 is 0 Å². The zero-order valence-corrected chi connectivity index (χ0v) is 7.80. The predicted molar refractivity (Wildman–Crippen MR) is 53.2 cm³/mol. The highest BCUT2D eigenvalue weighted by molar-refractivity contribution is 5.26. The number of unbranched alkanes of at least 4 members (excludes halogenated alkanes) is 1. The summed E-state index contributed by atoms with van der Waals surface area (Å²) in [4.78, 5) is 0. The second kappa shape index (κ2) is 5.70. The number of hydrogen-bond acceptors (Lipinski definition) is 1. The molecule has 0 heterocycles. The van der Waals surface area contributed by atoms with Crippen molar-refractivity contribution in [1.82, 2.24) is 0 Å². The van der Waals surface area contributed by atoms with Gasteiger partial charge in [-0.05, 0) is 36.9 Å². The summed E-state index contributed by atoms with van der Waals surface area (Å²) in [5.74, 6) is 0. The molecular formula is C11H16FN. The summed E-state index contributed by atoms with van der Waals surface area (Å²) < 4.78 is 12.5. The van der Waals surface area contributed by atoms with Gasteiger partial charge in [-0.3, -0.25) is 0 Å². The first-order valence-electron chi connectivity index (χ1n) is 4.71. The van der Waals surface area contributed by atoms with E-state index in [1.165, 1.54) is 0 Å². The lowest BCUT2D eigenvalue weighted by Gasteiger charge is -2.05. The van der Waals surface area contributed by atoms with Gasteiger partial charge in [0.1, 0.15) is 6.67 Å². The average Bonchev–Trinajstić information content (AvgIpc) is 2.19. The van der Waals surface area contributed by atoms with E-state index in [-0.39, 0.29) is 6.67 Å². The van der Waals surface area contributed by atoms with Gasteiger partial charge in [-0.2, -0.15) is 0 Å². The van der Waals surface area contributed by atoms with Crippen molar-refractivity contribution < 1.29 is 4.39 Å². The number of aryl methyl sites for hydroxylation is 1. The Morgan fingerprint density at radius 1 is 1.08 bits per heavy atom. The van der Waals surface area contributed by atoms with E-state index in [1.807, 2.05) is 24.3 Å². The van der Waals surface area contributed by atoms with E-state index in [4.69, 9.17) is 5.73 Å². The van der Waals surface area contributed by atoms with Gasteiger partial charge in [0.15, 0.2) is 0 Å². The highest BCUT2D eigenvalue weighted by atomic mass is 19.1. The molecule has 1 nitrogen and oxygen atoms in total. The Morgan fingerprint density at radius 3 is 2.38 bits per heavy atom. The van der Waals surface area contributed by atoms with Crippen molar-refractivity contribution in [2.45, 2.75) is 25.9 Å². The molecule has 0 unspecified atom stereocenters. The fraction of sp³-hybridized carbons (Fsp3) is 0.455. The molecule has 2 N–H and O–H groups in total. The molecule has 0 spiro atoms. The lowest BCUT2D eigenvalue weighted by atomic mass is 10.0. The molecule has 1 aromatic rings. The van der Waals surface area contributed by atoms with Crippen LogP contribution in [-0.4, -0.2) is 6.54 Å². The molecule has 2 heteroatoms. The third-order valence-corrected chi connectivity index (χ3v) is 2.16. The van der Waals surface area contributed by atoms with Crippen LogP contribution >= 0.6 is 0 Å². The van der Waals surface area contributed by atoms with Crippen LogP contribution in [0.15, 0.2) is 24.3 Å². The van der Waals surface area contributed by atoms with Gasteiger partial charge in [-0.1, -0.05) is 24.3 Å². The maximum absolute atomic E-state index is 12.5. The van der Waals surface area contributed by atoms with E-state index in [0.717, 1.165) is 36.9 Å². The molecule has 0 saturated heterocycles. The summed E-state index contributed by atoms with van der Waals surface area (Å²) in [5.41, 5.74) is 7.33. The highest BCUT2D eigenvalue weighted by Crippen LogP contribution is 2.12. The van der Waals surface area contributed by atoms with Gasteiger partial charge in [0.25, 0.3) is 0 Å². The van der Waals surface area contributed by atoms with Gasteiger partial charge in [0.2, 0.25) is 0 Å². The molecule has 1 rings (SSSR count). The van der Waals surface area contributed by atoms with Crippen molar-refractivity contribution in [3.05, 3.63) is 35.4 Å². The average molecular weight is 181 g/mol. The molecule has 0 aliphatic heterocycles. The number of hydrogen-bond donors (Lipinski definition) is 1. The van der Waals surface area contributed by atoms with Crippen LogP contribution in [0.2, 0.25) is 0 Å². The monoisotopic (exact) mass is 181 g/mol. The van der Waals surface area contributed by atoms with Gasteiger partial charge < -0.3 is 5.73 Å². The van der Waals surface area contributed by atoms with Gasteiger partial charge in [0.05, 0.1) is 0 Å². The molecule has 0 bridgehead atoms. The van der Waals surface area contributed by atoms with E-state index in [0.29, 0.717) is 0 Å². The molecule has 72 valence electrons. The van der Waals surface area contributed by atoms with Crippen LogP contribution < -0.4 is 5.73 Å². The summed E-state index contributed by atoms with van der Waals surface area (Å²) in [7, 11) is 0. The first-order valence-corrected chi connectivity index (χ1v) is 4.71. The number of rotatable bonds is 5. The molecule has 13 heavy (non-hydrogen) atoms. The zero-order valence-electron chi connectivity index (χ0n) is 7.80. The largest absolute Gasteiger partial charge is 0.330 e. The molecule has 0 aromatic heterocycles. The van der Waals surface area contributed by atoms with Gasteiger partial charge >= 0.3 is 0 Å². The SMILES string of the molecule is NCCCCc1ccccc1CF. The highest BCUT2D eigenvalue weighted by Gasteiger charge is 1.99. The van der Waals surface area contributed by atoms with Crippen LogP contribution in [-0.2, 0) is 13.1 Å². The Hall–Kier alpha value is -0.890. The molecule has 0 atom stereocenters. The Balaban J connectivity index is 2.54. The first-order chi connectivity index (χ1) is 6.38. The van der Waals surface area contributed by atoms with Crippen molar-refractivity contribution in [2.24, 2.45) is 5.73 Å². The van der Waals surface area contributed by atoms with Crippen LogP contribution in [0.1, 0.15) is 24.0 Å².